The summed E-state index contributed by atoms with van der Waals surface area (Å²) in [5, 5.41) is 4.64. The van der Waals surface area contributed by atoms with Crippen molar-refractivity contribution < 1.29 is 9.59 Å². The second-order valence-corrected chi connectivity index (χ2v) is 5.09. The minimum atomic E-state index is -0.685. The molecule has 0 radical (unpaired) electrons. The maximum absolute atomic E-state index is 12.4. The Morgan fingerprint density at radius 1 is 1.30 bits per heavy atom. The molecule has 7 heteroatoms. The van der Waals surface area contributed by atoms with Gasteiger partial charge in [-0.1, -0.05) is 23.2 Å². The van der Waals surface area contributed by atoms with Crippen molar-refractivity contribution in [1.29, 1.82) is 0 Å². The Hall–Kier alpha value is -1.72. The lowest BCUT2D eigenvalue weighted by molar-refractivity contribution is 0.0919. The van der Waals surface area contributed by atoms with Crippen molar-refractivity contribution in [1.82, 2.24) is 14.8 Å². The number of rotatable bonds is 4. The molecule has 5 nitrogen and oxygen atoms in total. The van der Waals surface area contributed by atoms with Gasteiger partial charge in [0.15, 0.2) is 17.4 Å². The molecule has 0 saturated carbocycles. The predicted octanol–water partition coefficient (Wildman–Crippen LogP) is 3.23. The van der Waals surface area contributed by atoms with Gasteiger partial charge in [-0.2, -0.15) is 5.10 Å². The van der Waals surface area contributed by atoms with Gasteiger partial charge in [-0.05, 0) is 25.1 Å². The molecule has 1 aromatic carbocycles. The van der Waals surface area contributed by atoms with Crippen LogP contribution in [-0.2, 0) is 0 Å². The molecule has 0 amide bonds. The number of hydrogen-bond acceptors (Lipinski definition) is 4. The lowest BCUT2D eigenvalue weighted by atomic mass is 10.1. The Morgan fingerprint density at radius 3 is 2.60 bits per heavy atom. The number of ketones is 2. The first-order valence-corrected chi connectivity index (χ1v) is 6.57. The molecule has 0 fully saturated rings. The molecular formula is C13H11Cl2N3O2. The zero-order valence-electron chi connectivity index (χ0n) is 10.8. The van der Waals surface area contributed by atoms with Crippen molar-refractivity contribution in [2.75, 3.05) is 0 Å². The number of benzene rings is 1. The Kier molecular flexibility index (Phi) is 4.20. The van der Waals surface area contributed by atoms with Gasteiger partial charge in [0.25, 0.3) is 0 Å². The van der Waals surface area contributed by atoms with Crippen molar-refractivity contribution in [2.45, 2.75) is 19.9 Å². The van der Waals surface area contributed by atoms with E-state index in [1.54, 1.807) is 19.1 Å². The molecule has 1 unspecified atom stereocenters. The maximum atomic E-state index is 12.4. The van der Waals surface area contributed by atoms with Crippen LogP contribution in [-0.4, -0.2) is 26.3 Å². The van der Waals surface area contributed by atoms with Gasteiger partial charge in [0, 0.05) is 17.5 Å². The zero-order chi connectivity index (χ0) is 14.9. The fourth-order valence-corrected chi connectivity index (χ4v) is 2.31. The van der Waals surface area contributed by atoms with Crippen molar-refractivity contribution >= 4 is 34.8 Å². The van der Waals surface area contributed by atoms with E-state index >= 15 is 0 Å². The molecule has 0 N–H and O–H groups in total. The minimum absolute atomic E-state index is 0.135. The number of carbonyl (C=O) groups excluding carboxylic acids is 2. The largest absolute Gasteiger partial charge is 0.292 e. The third kappa shape index (κ3) is 2.73. The number of hydrogen-bond donors (Lipinski definition) is 0. The van der Waals surface area contributed by atoms with Crippen LogP contribution in [0.25, 0.3) is 0 Å². The first-order valence-electron chi connectivity index (χ1n) is 5.81. The Labute approximate surface area is 125 Å². The highest BCUT2D eigenvalue weighted by atomic mass is 35.5. The highest BCUT2D eigenvalue weighted by molar-refractivity contribution is 6.36. The van der Waals surface area contributed by atoms with Gasteiger partial charge in [0.1, 0.15) is 12.4 Å². The van der Waals surface area contributed by atoms with Crippen LogP contribution in [0.1, 0.15) is 40.9 Å². The fraction of sp³-hybridized carbons (Fsp3) is 0.231. The third-order valence-electron chi connectivity index (χ3n) is 2.83. The van der Waals surface area contributed by atoms with Gasteiger partial charge < -0.3 is 0 Å². The van der Waals surface area contributed by atoms with Gasteiger partial charge in [0.2, 0.25) is 0 Å². The third-order valence-corrected chi connectivity index (χ3v) is 3.38. The van der Waals surface area contributed by atoms with Crippen LogP contribution in [0.4, 0.5) is 0 Å². The molecule has 0 aliphatic carbocycles. The summed E-state index contributed by atoms with van der Waals surface area (Å²) in [7, 11) is 0. The average molecular weight is 312 g/mol. The quantitative estimate of drug-likeness (QED) is 0.813. The summed E-state index contributed by atoms with van der Waals surface area (Å²) >= 11 is 11.8. The smallest absolute Gasteiger partial charge is 0.196 e. The molecular weight excluding hydrogens is 301 g/mol. The first-order chi connectivity index (χ1) is 9.41. The SMILES string of the molecule is CC(=O)c1ncnn1C(C)C(=O)c1ccc(Cl)cc1Cl. The molecule has 2 aromatic rings. The van der Waals surface area contributed by atoms with Crippen molar-refractivity contribution in [3.63, 3.8) is 0 Å². The second kappa shape index (κ2) is 5.73. The summed E-state index contributed by atoms with van der Waals surface area (Å²) in [5.74, 6) is -0.389. The number of nitrogens with zero attached hydrogens (tertiary/aromatic N) is 3. The molecule has 1 aromatic heterocycles. The predicted molar refractivity (Wildman–Crippen MR) is 75.5 cm³/mol. The first kappa shape index (κ1) is 14.7. The highest BCUT2D eigenvalue weighted by Crippen LogP contribution is 2.25. The molecule has 0 bridgehead atoms. The number of Topliss-reactive ketones (excluding diaryl/α,β-unsaturated/α-hetero) is 2. The lowest BCUT2D eigenvalue weighted by Crippen LogP contribution is -2.21. The maximum Gasteiger partial charge on any atom is 0.196 e. The summed E-state index contributed by atoms with van der Waals surface area (Å²) in [5.41, 5.74) is 0.327. The summed E-state index contributed by atoms with van der Waals surface area (Å²) in [4.78, 5) is 27.7. The molecule has 2 rings (SSSR count). The number of carbonyl (C=O) groups is 2. The van der Waals surface area contributed by atoms with Crippen LogP contribution in [0.5, 0.6) is 0 Å². The van der Waals surface area contributed by atoms with Gasteiger partial charge in [-0.3, -0.25) is 9.59 Å². The van der Waals surface area contributed by atoms with E-state index in [0.717, 1.165) is 0 Å². The van der Waals surface area contributed by atoms with Crippen LogP contribution in [0.3, 0.4) is 0 Å². The molecule has 0 aliphatic heterocycles. The van der Waals surface area contributed by atoms with Crippen LogP contribution >= 0.6 is 23.2 Å². The van der Waals surface area contributed by atoms with E-state index in [1.165, 1.54) is 24.0 Å². The molecule has 20 heavy (non-hydrogen) atoms. The van der Waals surface area contributed by atoms with E-state index in [-0.39, 0.29) is 22.4 Å². The van der Waals surface area contributed by atoms with Crippen LogP contribution in [0, 0.1) is 0 Å². The number of aromatic nitrogens is 3. The van der Waals surface area contributed by atoms with Crippen molar-refractivity contribution in [2.24, 2.45) is 0 Å². The number of halogens is 2. The summed E-state index contributed by atoms with van der Waals surface area (Å²) in [6.45, 7) is 3.00. The van der Waals surface area contributed by atoms with E-state index in [9.17, 15) is 9.59 Å². The van der Waals surface area contributed by atoms with E-state index < -0.39 is 6.04 Å². The molecule has 104 valence electrons. The summed E-state index contributed by atoms with van der Waals surface area (Å²) in [6, 6.07) is 3.94. The topological polar surface area (TPSA) is 64.8 Å². The molecule has 0 aliphatic rings. The van der Waals surface area contributed by atoms with Gasteiger partial charge in [-0.15, -0.1) is 0 Å². The Morgan fingerprint density at radius 2 is 2.00 bits per heavy atom. The van der Waals surface area contributed by atoms with Gasteiger partial charge in [0.05, 0.1) is 5.02 Å². The van der Waals surface area contributed by atoms with E-state index in [0.29, 0.717) is 10.6 Å². The van der Waals surface area contributed by atoms with Crippen molar-refractivity contribution in [3.05, 3.63) is 46.0 Å². The van der Waals surface area contributed by atoms with E-state index in [1.807, 2.05) is 0 Å². The lowest BCUT2D eigenvalue weighted by Gasteiger charge is -2.13. The summed E-state index contributed by atoms with van der Waals surface area (Å²) in [6.07, 6.45) is 1.24. The average Bonchev–Trinajstić information content (AvgIpc) is 2.86. The second-order valence-electron chi connectivity index (χ2n) is 4.25. The molecule has 0 spiro atoms. The van der Waals surface area contributed by atoms with E-state index in [4.69, 9.17) is 23.2 Å². The molecule has 0 saturated heterocycles. The fourth-order valence-electron chi connectivity index (χ4n) is 1.81. The van der Waals surface area contributed by atoms with Gasteiger partial charge >= 0.3 is 0 Å². The monoisotopic (exact) mass is 311 g/mol. The van der Waals surface area contributed by atoms with Gasteiger partial charge in [-0.25, -0.2) is 9.67 Å². The highest BCUT2D eigenvalue weighted by Gasteiger charge is 2.24. The van der Waals surface area contributed by atoms with Crippen molar-refractivity contribution in [3.8, 4) is 0 Å². The normalized spacial score (nSPS) is 12.2. The van der Waals surface area contributed by atoms with Crippen LogP contribution < -0.4 is 0 Å². The summed E-state index contributed by atoms with van der Waals surface area (Å²) < 4.78 is 1.29. The minimum Gasteiger partial charge on any atom is -0.292 e. The van der Waals surface area contributed by atoms with E-state index in [2.05, 4.69) is 10.1 Å². The zero-order valence-corrected chi connectivity index (χ0v) is 12.3. The standard InChI is InChI=1S/C13H11Cl2N3O2/c1-7(18-13(8(2)19)16-6-17-18)12(20)10-4-3-9(14)5-11(10)15/h3-7H,1-2H3. The Balaban J connectivity index is 2.37. The van der Waals surface area contributed by atoms with Crippen LogP contribution in [0.15, 0.2) is 24.5 Å². The molecule has 1 heterocycles. The Bertz CT molecular complexity index is 682. The van der Waals surface area contributed by atoms with Crippen LogP contribution in [0.2, 0.25) is 10.0 Å². The molecule has 1 atom stereocenters.